The molecule has 2 amide bonds. The molecule has 104 valence electrons. The summed E-state index contributed by atoms with van der Waals surface area (Å²) >= 11 is 1.50. The van der Waals surface area contributed by atoms with Crippen molar-refractivity contribution in [3.05, 3.63) is 5.01 Å². The highest BCUT2D eigenvalue weighted by atomic mass is 32.1. The molecular weight excluding hydrogens is 260 g/mol. The first kappa shape index (κ1) is 12.8. The Morgan fingerprint density at radius 2 is 1.79 bits per heavy atom. The molecule has 0 saturated heterocycles. The van der Waals surface area contributed by atoms with Gasteiger partial charge >= 0.3 is 6.03 Å². The third kappa shape index (κ3) is 3.65. The molecule has 0 unspecified atom stereocenters. The predicted octanol–water partition coefficient (Wildman–Crippen LogP) is 3.26. The molecule has 0 radical (unpaired) electrons. The van der Waals surface area contributed by atoms with E-state index in [1.807, 2.05) is 0 Å². The van der Waals surface area contributed by atoms with Crippen LogP contribution in [0.25, 0.3) is 0 Å². The molecule has 0 atom stereocenters. The Kier molecular flexibility index (Phi) is 3.96. The number of amides is 2. The van der Waals surface area contributed by atoms with Crippen LogP contribution in [0.4, 0.5) is 9.93 Å². The topological polar surface area (TPSA) is 66.9 Å². The lowest BCUT2D eigenvalue weighted by atomic mass is 10.1. The van der Waals surface area contributed by atoms with E-state index in [2.05, 4.69) is 20.8 Å². The van der Waals surface area contributed by atoms with Crippen LogP contribution in [0.3, 0.4) is 0 Å². The van der Waals surface area contributed by atoms with Crippen LogP contribution in [0.2, 0.25) is 0 Å². The molecule has 0 aromatic carbocycles. The Balaban J connectivity index is 1.49. The minimum absolute atomic E-state index is 0.134. The van der Waals surface area contributed by atoms with Crippen molar-refractivity contribution in [3.63, 3.8) is 0 Å². The molecular formula is C13H20N4OS. The lowest BCUT2D eigenvalue weighted by Gasteiger charge is -2.15. The Hall–Kier alpha value is -1.17. The van der Waals surface area contributed by atoms with E-state index >= 15 is 0 Å². The van der Waals surface area contributed by atoms with E-state index in [-0.39, 0.29) is 6.03 Å². The Bertz CT molecular complexity index is 436. The number of nitrogens with one attached hydrogen (secondary N) is 2. The predicted molar refractivity (Wildman–Crippen MR) is 75.5 cm³/mol. The van der Waals surface area contributed by atoms with E-state index in [0.717, 1.165) is 17.8 Å². The van der Waals surface area contributed by atoms with Crippen molar-refractivity contribution in [2.75, 3.05) is 5.32 Å². The second kappa shape index (κ2) is 5.86. The molecule has 6 heteroatoms. The third-order valence-electron chi connectivity index (χ3n) is 3.78. The summed E-state index contributed by atoms with van der Waals surface area (Å²) in [5.41, 5.74) is 0. The molecule has 2 saturated carbocycles. The van der Waals surface area contributed by atoms with Gasteiger partial charge in [0.25, 0.3) is 0 Å². The van der Waals surface area contributed by atoms with E-state index in [1.165, 1.54) is 49.9 Å². The lowest BCUT2D eigenvalue weighted by molar-refractivity contribution is 0.247. The highest BCUT2D eigenvalue weighted by Crippen LogP contribution is 2.41. The molecule has 2 aliphatic carbocycles. The first-order valence-corrected chi connectivity index (χ1v) is 8.04. The van der Waals surface area contributed by atoms with Gasteiger partial charge in [-0.2, -0.15) is 0 Å². The van der Waals surface area contributed by atoms with Crippen LogP contribution in [0, 0.1) is 0 Å². The highest BCUT2D eigenvalue weighted by molar-refractivity contribution is 7.15. The van der Waals surface area contributed by atoms with Crippen molar-refractivity contribution in [2.45, 2.75) is 63.3 Å². The van der Waals surface area contributed by atoms with Crippen LogP contribution >= 0.6 is 11.3 Å². The Labute approximate surface area is 117 Å². The maximum absolute atomic E-state index is 11.9. The van der Waals surface area contributed by atoms with Crippen molar-refractivity contribution in [3.8, 4) is 0 Å². The molecule has 2 fully saturated rings. The van der Waals surface area contributed by atoms with Crippen molar-refractivity contribution < 1.29 is 4.79 Å². The monoisotopic (exact) mass is 280 g/mol. The smallest absolute Gasteiger partial charge is 0.321 e. The molecule has 2 aliphatic rings. The third-order valence-corrected chi connectivity index (χ3v) is 4.78. The summed E-state index contributed by atoms with van der Waals surface area (Å²) in [6.07, 6.45) is 9.63. The first-order chi connectivity index (χ1) is 9.31. The van der Waals surface area contributed by atoms with Gasteiger partial charge in [0.05, 0.1) is 0 Å². The fourth-order valence-corrected chi connectivity index (χ4v) is 3.43. The molecule has 5 nitrogen and oxygen atoms in total. The minimum atomic E-state index is -0.134. The summed E-state index contributed by atoms with van der Waals surface area (Å²) in [6, 6.07) is 0.184. The Morgan fingerprint density at radius 3 is 2.47 bits per heavy atom. The number of hydrogen-bond donors (Lipinski definition) is 2. The number of urea groups is 1. The quantitative estimate of drug-likeness (QED) is 0.835. The van der Waals surface area contributed by atoms with Crippen LogP contribution in [0.5, 0.6) is 0 Å². The summed E-state index contributed by atoms with van der Waals surface area (Å²) in [4.78, 5) is 11.9. The van der Waals surface area contributed by atoms with Crippen molar-refractivity contribution in [1.82, 2.24) is 15.5 Å². The largest absolute Gasteiger partial charge is 0.335 e. The molecule has 0 spiro atoms. The minimum Gasteiger partial charge on any atom is -0.335 e. The zero-order valence-electron chi connectivity index (χ0n) is 11.0. The fraction of sp³-hybridized carbons (Fsp3) is 0.769. The van der Waals surface area contributed by atoms with Gasteiger partial charge in [-0.25, -0.2) is 4.79 Å². The van der Waals surface area contributed by atoms with E-state index in [9.17, 15) is 4.79 Å². The molecule has 19 heavy (non-hydrogen) atoms. The lowest BCUT2D eigenvalue weighted by Crippen LogP contribution is -2.37. The Morgan fingerprint density at radius 1 is 1.05 bits per heavy atom. The van der Waals surface area contributed by atoms with Gasteiger partial charge in [0.15, 0.2) is 0 Å². The first-order valence-electron chi connectivity index (χ1n) is 7.22. The zero-order chi connectivity index (χ0) is 13.1. The van der Waals surface area contributed by atoms with Crippen molar-refractivity contribution in [1.29, 1.82) is 0 Å². The number of rotatable bonds is 3. The highest BCUT2D eigenvalue weighted by Gasteiger charge is 2.27. The van der Waals surface area contributed by atoms with Gasteiger partial charge in [-0.05, 0) is 25.7 Å². The van der Waals surface area contributed by atoms with Crippen LogP contribution in [0.15, 0.2) is 0 Å². The van der Waals surface area contributed by atoms with Gasteiger partial charge in [0.2, 0.25) is 5.13 Å². The zero-order valence-corrected chi connectivity index (χ0v) is 11.8. The van der Waals surface area contributed by atoms with E-state index in [0.29, 0.717) is 17.1 Å². The summed E-state index contributed by atoms with van der Waals surface area (Å²) in [7, 11) is 0. The van der Waals surface area contributed by atoms with Gasteiger partial charge < -0.3 is 5.32 Å². The van der Waals surface area contributed by atoms with Crippen LogP contribution in [-0.4, -0.2) is 22.3 Å². The molecule has 0 bridgehead atoms. The van der Waals surface area contributed by atoms with Crippen molar-refractivity contribution in [2.24, 2.45) is 0 Å². The summed E-state index contributed by atoms with van der Waals surface area (Å²) in [6.45, 7) is 0. The maximum atomic E-state index is 11.9. The molecule has 0 aliphatic heterocycles. The second-order valence-electron chi connectivity index (χ2n) is 5.51. The summed E-state index contributed by atoms with van der Waals surface area (Å²) in [5.74, 6) is 0.595. The number of anilines is 1. The SMILES string of the molecule is O=C(Nc1nnc(C2CC2)s1)NC1CCCCCC1. The van der Waals surface area contributed by atoms with Gasteiger partial charge in [0, 0.05) is 12.0 Å². The van der Waals surface area contributed by atoms with Crippen molar-refractivity contribution >= 4 is 22.5 Å². The molecule has 1 heterocycles. The average molecular weight is 280 g/mol. The maximum Gasteiger partial charge on any atom is 0.321 e. The number of nitrogens with zero attached hydrogens (tertiary/aromatic N) is 2. The van der Waals surface area contributed by atoms with Crippen LogP contribution < -0.4 is 10.6 Å². The van der Waals surface area contributed by atoms with Gasteiger partial charge in [-0.3, -0.25) is 5.32 Å². The van der Waals surface area contributed by atoms with Crippen LogP contribution in [-0.2, 0) is 0 Å². The normalized spacial score (nSPS) is 20.8. The van der Waals surface area contributed by atoms with Gasteiger partial charge in [0.1, 0.15) is 5.01 Å². The number of aromatic nitrogens is 2. The molecule has 1 aromatic heterocycles. The molecule has 1 aromatic rings. The van der Waals surface area contributed by atoms with Crippen LogP contribution in [0.1, 0.15) is 62.3 Å². The number of hydrogen-bond acceptors (Lipinski definition) is 4. The van der Waals surface area contributed by atoms with Gasteiger partial charge in [-0.1, -0.05) is 37.0 Å². The number of carbonyl (C=O) groups excluding carboxylic acids is 1. The van der Waals surface area contributed by atoms with E-state index in [1.54, 1.807) is 0 Å². The summed E-state index contributed by atoms with van der Waals surface area (Å²) < 4.78 is 0. The van der Waals surface area contributed by atoms with E-state index < -0.39 is 0 Å². The standard InChI is InChI=1S/C13H20N4OS/c18-12(14-10-5-3-1-2-4-6-10)15-13-17-16-11(19-13)9-7-8-9/h9-10H,1-8H2,(H2,14,15,17,18). The van der Waals surface area contributed by atoms with Gasteiger partial charge in [-0.15, -0.1) is 10.2 Å². The molecule has 3 rings (SSSR count). The summed E-state index contributed by atoms with van der Waals surface area (Å²) in [5, 5.41) is 15.7. The van der Waals surface area contributed by atoms with E-state index in [4.69, 9.17) is 0 Å². The number of carbonyl (C=O) groups is 1. The second-order valence-corrected chi connectivity index (χ2v) is 6.52. The fourth-order valence-electron chi connectivity index (χ4n) is 2.52. The molecule has 2 N–H and O–H groups in total. The average Bonchev–Trinajstić information content (AvgIpc) is 3.17.